The Hall–Kier alpha value is -2.55. The number of methoxy groups -OCH3 is 3. The summed E-state index contributed by atoms with van der Waals surface area (Å²) in [5, 5.41) is 12.0. The second-order valence-electron chi connectivity index (χ2n) is 17.1. The van der Waals surface area contributed by atoms with E-state index >= 15 is 4.39 Å². The number of allylic oxidation sites excluding steroid dienone is 3. The molecule has 3 fully saturated rings. The summed E-state index contributed by atoms with van der Waals surface area (Å²) in [7, 11) is 4.58. The van der Waals surface area contributed by atoms with Crippen LogP contribution in [0.5, 0.6) is 0 Å². The number of hydrogen-bond acceptors (Lipinski definition) is 11. The second kappa shape index (κ2) is 20.4. The Morgan fingerprint density at radius 1 is 0.964 bits per heavy atom. The van der Waals surface area contributed by atoms with Crippen LogP contribution >= 0.6 is 0 Å². The van der Waals surface area contributed by atoms with Gasteiger partial charge in [-0.05, 0) is 107 Å². The number of halogens is 1. The van der Waals surface area contributed by atoms with Crippen molar-refractivity contribution in [2.75, 3.05) is 27.9 Å². The van der Waals surface area contributed by atoms with Gasteiger partial charge in [-0.1, -0.05) is 39.8 Å². The summed E-state index contributed by atoms with van der Waals surface area (Å²) < 4.78 is 45.9. The zero-order chi connectivity index (χ0) is 41.5. The molecule has 3 aliphatic heterocycles. The number of nitrogens with two attached hydrogens (primary N) is 1. The molecule has 0 aromatic heterocycles. The normalized spacial score (nSPS) is 41.6. The van der Waals surface area contributed by atoms with E-state index in [1.54, 1.807) is 34.0 Å². The highest BCUT2D eigenvalue weighted by molar-refractivity contribution is 6.39. The molecule has 0 aromatic carbocycles. The first kappa shape index (κ1) is 46.1. The van der Waals surface area contributed by atoms with Gasteiger partial charge in [0.25, 0.3) is 11.7 Å². The number of alkyl halides is 1. The molecule has 0 aromatic rings. The first-order valence-corrected chi connectivity index (χ1v) is 20.8. The Balaban J connectivity index is 1.76. The summed E-state index contributed by atoms with van der Waals surface area (Å²) in [6.07, 6.45) is 4.28. The molecular formula is C43H69FN2O10. The van der Waals surface area contributed by atoms with Crippen LogP contribution in [0.3, 0.4) is 0 Å². The van der Waals surface area contributed by atoms with E-state index in [1.165, 1.54) is 19.1 Å². The Morgan fingerprint density at radius 2 is 1.62 bits per heavy atom. The van der Waals surface area contributed by atoms with E-state index in [4.69, 9.17) is 29.4 Å². The zero-order valence-corrected chi connectivity index (χ0v) is 35.2. The van der Waals surface area contributed by atoms with E-state index in [-0.39, 0.29) is 62.0 Å². The third-order valence-corrected chi connectivity index (χ3v) is 13.1. The van der Waals surface area contributed by atoms with Crippen LogP contribution in [-0.2, 0) is 42.9 Å². The van der Waals surface area contributed by atoms with Crippen molar-refractivity contribution in [3.63, 3.8) is 0 Å². The first-order valence-electron chi connectivity index (χ1n) is 20.8. The molecule has 13 heteroatoms. The van der Waals surface area contributed by atoms with Gasteiger partial charge in [0.1, 0.15) is 30.2 Å². The third kappa shape index (κ3) is 10.5. The Bertz CT molecular complexity index is 1440. The largest absolute Gasteiger partial charge is 0.456 e. The number of nitrogens with zero attached hydrogens (tertiary/aromatic N) is 1. The molecule has 4 rings (SSSR count). The van der Waals surface area contributed by atoms with Gasteiger partial charge >= 0.3 is 5.97 Å². The van der Waals surface area contributed by atoms with Gasteiger partial charge in [-0.15, -0.1) is 0 Å². The maximum absolute atomic E-state index is 16.2. The molecule has 1 saturated carbocycles. The molecule has 14 atom stereocenters. The second-order valence-corrected chi connectivity index (χ2v) is 17.1. The standard InChI is InChI=1S/C43H69FN2O10/c1-10-30-20-25(3)37(44)26(4)21-35(53-8)39-36(54-9)22-28(6)43(51,56-39)40(48)41(49)46-18-12-11-13-32(46)42(50)55-38(24(2)14-17-33(30)47)27(5)19-29-15-16-31(45)34(23-29)52-7/h19-20,24,26,28-32,34-39,51H,10-18,21-23,45H2,1-9H3/b25-20+,27-19?. The van der Waals surface area contributed by atoms with Crippen molar-refractivity contribution in [3.8, 4) is 0 Å². The third-order valence-electron chi connectivity index (χ3n) is 13.1. The molecule has 0 spiro atoms. The zero-order valence-electron chi connectivity index (χ0n) is 35.2. The number of carbonyl (C=O) groups excluding carboxylic acids is 4. The van der Waals surface area contributed by atoms with Crippen LogP contribution in [0, 0.1) is 29.6 Å². The monoisotopic (exact) mass is 792 g/mol. The molecule has 3 N–H and O–H groups in total. The molecule has 56 heavy (non-hydrogen) atoms. The fourth-order valence-electron chi connectivity index (χ4n) is 9.36. The van der Waals surface area contributed by atoms with E-state index in [1.807, 2.05) is 20.8 Å². The van der Waals surface area contributed by atoms with Gasteiger partial charge < -0.3 is 39.4 Å². The summed E-state index contributed by atoms with van der Waals surface area (Å²) in [5.41, 5.74) is 7.54. The fraction of sp³-hybridized carbons (Fsp3) is 0.814. The van der Waals surface area contributed by atoms with Crippen LogP contribution in [0.2, 0.25) is 0 Å². The highest BCUT2D eigenvalue weighted by Gasteiger charge is 2.56. The number of rotatable bonds is 6. The SMILES string of the molecule is CCC1/C=C(\C)C(F)C(C)CC(OC)C2OC(O)(C(=O)C(=O)N3CCCCC3C(=O)OC(C(C)=CC3CCC(N)C(OC)C3)C(C)CCC1=O)C(C)CC2OC. The lowest BCUT2D eigenvalue weighted by Gasteiger charge is -2.47. The number of ketones is 2. The molecule has 1 aliphatic carbocycles. The number of esters is 1. The number of Topliss-reactive ketones (excluding diaryl/α,β-unsaturated/α-hetero) is 2. The summed E-state index contributed by atoms with van der Waals surface area (Å²) in [4.78, 5) is 57.6. The van der Waals surface area contributed by atoms with Crippen LogP contribution in [-0.4, -0.2) is 116 Å². The summed E-state index contributed by atoms with van der Waals surface area (Å²) in [6.45, 7) is 10.9. The van der Waals surface area contributed by atoms with Crippen LogP contribution in [0.4, 0.5) is 4.39 Å². The fourth-order valence-corrected chi connectivity index (χ4v) is 9.36. The van der Waals surface area contributed by atoms with Crippen molar-refractivity contribution in [2.24, 2.45) is 35.3 Å². The predicted molar refractivity (Wildman–Crippen MR) is 209 cm³/mol. The number of fused-ring (bicyclic) bond motifs is 3. The van der Waals surface area contributed by atoms with E-state index in [2.05, 4.69) is 6.08 Å². The minimum Gasteiger partial charge on any atom is -0.456 e. The van der Waals surface area contributed by atoms with Gasteiger partial charge in [-0.3, -0.25) is 14.4 Å². The van der Waals surface area contributed by atoms with Gasteiger partial charge in [0.2, 0.25) is 5.79 Å². The van der Waals surface area contributed by atoms with Crippen molar-refractivity contribution >= 4 is 23.4 Å². The summed E-state index contributed by atoms with van der Waals surface area (Å²) in [5.74, 6) is -7.58. The Labute approximate surface area is 333 Å². The maximum Gasteiger partial charge on any atom is 0.329 e. The first-order chi connectivity index (χ1) is 26.5. The van der Waals surface area contributed by atoms with E-state index in [0.717, 1.165) is 18.4 Å². The van der Waals surface area contributed by atoms with E-state index < -0.39 is 77.8 Å². The lowest BCUT2D eigenvalue weighted by Crippen LogP contribution is -2.64. The molecule has 4 aliphatic rings. The predicted octanol–water partition coefficient (Wildman–Crippen LogP) is 5.42. The van der Waals surface area contributed by atoms with Crippen LogP contribution in [0.15, 0.2) is 23.3 Å². The molecular weight excluding hydrogens is 723 g/mol. The number of aliphatic hydroxyl groups is 1. The van der Waals surface area contributed by atoms with Gasteiger partial charge in [0.15, 0.2) is 0 Å². The number of piperidine rings is 1. The van der Waals surface area contributed by atoms with Crippen LogP contribution in [0.1, 0.15) is 112 Å². The highest BCUT2D eigenvalue weighted by atomic mass is 19.1. The molecule has 2 saturated heterocycles. The van der Waals surface area contributed by atoms with Crippen molar-refractivity contribution in [1.82, 2.24) is 4.90 Å². The van der Waals surface area contributed by atoms with Gasteiger partial charge in [-0.25, -0.2) is 9.18 Å². The minimum atomic E-state index is -2.56. The molecule has 1 amide bonds. The Morgan fingerprint density at radius 3 is 2.27 bits per heavy atom. The molecule has 0 radical (unpaired) electrons. The molecule has 318 valence electrons. The van der Waals surface area contributed by atoms with Gasteiger partial charge in [0.05, 0.1) is 18.3 Å². The average molecular weight is 793 g/mol. The minimum absolute atomic E-state index is 0.0235. The highest BCUT2D eigenvalue weighted by Crippen LogP contribution is 2.39. The molecule has 14 unspecified atom stereocenters. The molecule has 2 bridgehead atoms. The van der Waals surface area contributed by atoms with Crippen molar-refractivity contribution in [2.45, 2.75) is 167 Å². The lowest BCUT2D eigenvalue weighted by molar-refractivity contribution is -0.302. The number of carbonyl (C=O) groups is 4. The smallest absolute Gasteiger partial charge is 0.329 e. The maximum atomic E-state index is 16.2. The quantitative estimate of drug-likeness (QED) is 0.201. The van der Waals surface area contributed by atoms with Crippen molar-refractivity contribution in [3.05, 3.63) is 23.3 Å². The summed E-state index contributed by atoms with van der Waals surface area (Å²) in [6, 6.07) is -1.13. The topological polar surface area (TPSA) is 164 Å². The van der Waals surface area contributed by atoms with Crippen LogP contribution in [0.25, 0.3) is 0 Å². The van der Waals surface area contributed by atoms with Crippen LogP contribution < -0.4 is 5.73 Å². The molecule has 12 nitrogen and oxygen atoms in total. The summed E-state index contributed by atoms with van der Waals surface area (Å²) >= 11 is 0. The average Bonchev–Trinajstić information content (AvgIpc) is 3.19. The Kier molecular flexibility index (Phi) is 16.8. The number of cyclic esters (lactones) is 1. The molecule has 3 heterocycles. The lowest BCUT2D eigenvalue weighted by atomic mass is 9.81. The number of amides is 1. The van der Waals surface area contributed by atoms with E-state index in [0.29, 0.717) is 37.7 Å². The van der Waals surface area contributed by atoms with Gasteiger partial charge in [0, 0.05) is 52.2 Å². The van der Waals surface area contributed by atoms with Crippen molar-refractivity contribution in [1.29, 1.82) is 0 Å². The van der Waals surface area contributed by atoms with E-state index in [9.17, 15) is 24.3 Å². The van der Waals surface area contributed by atoms with Gasteiger partial charge in [-0.2, -0.15) is 0 Å². The number of ether oxygens (including phenoxy) is 5. The van der Waals surface area contributed by atoms with Crippen molar-refractivity contribution < 1.29 is 52.4 Å². The number of hydrogen-bond donors (Lipinski definition) is 2.